The first-order valence-corrected chi connectivity index (χ1v) is 11.4. The van der Waals surface area contributed by atoms with Crippen LogP contribution in [-0.2, 0) is 17.8 Å². The minimum absolute atomic E-state index is 0.100. The van der Waals surface area contributed by atoms with E-state index in [1.807, 2.05) is 56.0 Å². The van der Waals surface area contributed by atoms with Gasteiger partial charge in [-0.2, -0.15) is 5.10 Å². The second-order valence-electron chi connectivity index (χ2n) is 8.55. The second-order valence-corrected chi connectivity index (χ2v) is 8.55. The van der Waals surface area contributed by atoms with Crippen molar-refractivity contribution >= 4 is 11.8 Å². The number of carbonyl (C=O) groups is 2. The van der Waals surface area contributed by atoms with Crippen LogP contribution in [0.4, 0.5) is 0 Å². The molecule has 33 heavy (non-hydrogen) atoms. The molecule has 2 aromatic heterocycles. The van der Waals surface area contributed by atoms with Gasteiger partial charge in [0.15, 0.2) is 5.82 Å². The highest BCUT2D eigenvalue weighted by Crippen LogP contribution is 2.31. The van der Waals surface area contributed by atoms with E-state index in [4.69, 9.17) is 0 Å². The molecule has 1 unspecified atom stereocenters. The molecule has 4 rings (SSSR count). The number of aryl methyl sites for hydroxylation is 3. The lowest BCUT2D eigenvalue weighted by atomic mass is 10.1. The number of hydrogen-bond acceptors (Lipinski definition) is 5. The number of aromatic nitrogens is 4. The van der Waals surface area contributed by atoms with Crippen molar-refractivity contribution in [3.8, 4) is 0 Å². The summed E-state index contributed by atoms with van der Waals surface area (Å²) in [6.45, 7) is 6.90. The second kappa shape index (κ2) is 9.94. The van der Waals surface area contributed by atoms with Crippen LogP contribution in [0.1, 0.15) is 69.7 Å². The first-order valence-electron chi connectivity index (χ1n) is 11.4. The van der Waals surface area contributed by atoms with Gasteiger partial charge in [0.05, 0.1) is 23.0 Å². The number of H-pyrrole nitrogens is 1. The van der Waals surface area contributed by atoms with E-state index in [0.29, 0.717) is 43.0 Å². The van der Waals surface area contributed by atoms with E-state index in [0.717, 1.165) is 35.4 Å². The molecule has 0 bridgehead atoms. The lowest BCUT2D eigenvalue weighted by molar-refractivity contribution is -0.132. The fourth-order valence-corrected chi connectivity index (χ4v) is 4.39. The number of nitrogens with zero attached hydrogens (tertiary/aromatic N) is 4. The zero-order valence-electron chi connectivity index (χ0n) is 19.4. The topological polar surface area (TPSA) is 104 Å². The maximum atomic E-state index is 13.0. The molecule has 2 amide bonds. The number of nitrogens with one attached hydrogen (secondary N) is 2. The van der Waals surface area contributed by atoms with Crippen LogP contribution < -0.4 is 5.32 Å². The molecule has 1 aromatic carbocycles. The molecule has 8 nitrogen and oxygen atoms in total. The fraction of sp³-hybridized carbons (Fsp3) is 0.400. The highest BCUT2D eigenvalue weighted by molar-refractivity contribution is 5.94. The van der Waals surface area contributed by atoms with Crippen LogP contribution in [0.2, 0.25) is 0 Å². The molecular weight excluding hydrogens is 416 g/mol. The van der Waals surface area contributed by atoms with Crippen LogP contribution >= 0.6 is 0 Å². The molecular formula is C25H30N6O2. The maximum Gasteiger partial charge on any atom is 0.254 e. The van der Waals surface area contributed by atoms with Gasteiger partial charge in [0.1, 0.15) is 0 Å². The predicted octanol–water partition coefficient (Wildman–Crippen LogP) is 3.35. The Bertz CT molecular complexity index is 1120. The summed E-state index contributed by atoms with van der Waals surface area (Å²) in [4.78, 5) is 36.6. The third-order valence-corrected chi connectivity index (χ3v) is 6.28. The molecule has 2 N–H and O–H groups in total. The number of aromatic amines is 1. The quantitative estimate of drug-likeness (QED) is 0.579. The Morgan fingerprint density at radius 3 is 2.64 bits per heavy atom. The molecule has 1 aliphatic rings. The van der Waals surface area contributed by atoms with Gasteiger partial charge >= 0.3 is 0 Å². The minimum Gasteiger partial charge on any atom is -0.348 e. The SMILES string of the molecule is Cc1nc(C2CCCN2C(=O)CCc2c(C)n[nH]c2C)ncc1C(=O)NCc1ccccc1. The lowest BCUT2D eigenvalue weighted by Gasteiger charge is -2.24. The van der Waals surface area contributed by atoms with E-state index in [1.165, 1.54) is 0 Å². The molecule has 0 radical (unpaired) electrons. The van der Waals surface area contributed by atoms with Crippen molar-refractivity contribution in [3.63, 3.8) is 0 Å². The van der Waals surface area contributed by atoms with Crippen LogP contribution in [0.15, 0.2) is 36.5 Å². The van der Waals surface area contributed by atoms with Crippen LogP contribution in [0.25, 0.3) is 0 Å². The van der Waals surface area contributed by atoms with Gasteiger partial charge in [-0.05, 0) is 51.2 Å². The summed E-state index contributed by atoms with van der Waals surface area (Å²) in [7, 11) is 0. The van der Waals surface area contributed by atoms with E-state index in [9.17, 15) is 9.59 Å². The Kier molecular flexibility index (Phi) is 6.82. The zero-order chi connectivity index (χ0) is 23.4. The zero-order valence-corrected chi connectivity index (χ0v) is 19.4. The van der Waals surface area contributed by atoms with Gasteiger partial charge in [0, 0.05) is 31.4 Å². The standard InChI is InChI=1S/C25H30N6O2/c1-16-21(25(33)27-14-19-8-5-4-6-9-19)15-26-24(28-16)22-10-7-13-31(22)23(32)12-11-20-17(2)29-30-18(20)3/h4-6,8-9,15,22H,7,10-14H2,1-3H3,(H,27,33)(H,29,30). The van der Waals surface area contributed by atoms with E-state index in [-0.39, 0.29) is 17.9 Å². The van der Waals surface area contributed by atoms with Gasteiger partial charge in [-0.25, -0.2) is 9.97 Å². The molecule has 0 spiro atoms. The van der Waals surface area contributed by atoms with E-state index >= 15 is 0 Å². The number of amides is 2. The molecule has 1 fully saturated rings. The summed E-state index contributed by atoms with van der Waals surface area (Å²) in [5, 5.41) is 10.1. The van der Waals surface area contributed by atoms with E-state index < -0.39 is 0 Å². The average molecular weight is 447 g/mol. The minimum atomic E-state index is -0.201. The predicted molar refractivity (Wildman–Crippen MR) is 124 cm³/mol. The van der Waals surface area contributed by atoms with Crippen LogP contribution in [0, 0.1) is 20.8 Å². The van der Waals surface area contributed by atoms with Crippen molar-refractivity contribution in [3.05, 3.63) is 76.1 Å². The lowest BCUT2D eigenvalue weighted by Crippen LogP contribution is -2.32. The molecule has 8 heteroatoms. The summed E-state index contributed by atoms with van der Waals surface area (Å²) in [6.07, 6.45) is 4.42. The first-order chi connectivity index (χ1) is 15.9. The normalized spacial score (nSPS) is 15.6. The molecule has 0 saturated carbocycles. The third-order valence-electron chi connectivity index (χ3n) is 6.28. The highest BCUT2D eigenvalue weighted by Gasteiger charge is 2.32. The molecule has 1 aliphatic heterocycles. The third kappa shape index (κ3) is 5.10. The van der Waals surface area contributed by atoms with Crippen LogP contribution in [0.5, 0.6) is 0 Å². The van der Waals surface area contributed by atoms with Crippen LogP contribution in [-0.4, -0.2) is 43.4 Å². The van der Waals surface area contributed by atoms with Crippen molar-refractivity contribution in [2.75, 3.05) is 6.54 Å². The Morgan fingerprint density at radius 1 is 1.15 bits per heavy atom. The van der Waals surface area contributed by atoms with Crippen molar-refractivity contribution < 1.29 is 9.59 Å². The number of carbonyl (C=O) groups excluding carboxylic acids is 2. The highest BCUT2D eigenvalue weighted by atomic mass is 16.2. The Balaban J connectivity index is 1.40. The maximum absolute atomic E-state index is 13.0. The summed E-state index contributed by atoms with van der Waals surface area (Å²) < 4.78 is 0. The largest absolute Gasteiger partial charge is 0.348 e. The number of likely N-dealkylation sites (tertiary alicyclic amines) is 1. The molecule has 1 atom stereocenters. The first kappa shape index (κ1) is 22.6. The van der Waals surface area contributed by atoms with Crippen LogP contribution in [0.3, 0.4) is 0 Å². The number of hydrogen-bond donors (Lipinski definition) is 2. The van der Waals surface area contributed by atoms with E-state index in [1.54, 1.807) is 6.20 Å². The fourth-order valence-electron chi connectivity index (χ4n) is 4.39. The van der Waals surface area contributed by atoms with Gasteiger partial charge < -0.3 is 10.2 Å². The molecule has 172 valence electrons. The summed E-state index contributed by atoms with van der Waals surface area (Å²) in [5.41, 5.74) is 5.17. The number of benzene rings is 1. The van der Waals surface area contributed by atoms with Gasteiger partial charge in [-0.3, -0.25) is 14.7 Å². The summed E-state index contributed by atoms with van der Waals surface area (Å²) >= 11 is 0. The van der Waals surface area contributed by atoms with Gasteiger partial charge in [-0.15, -0.1) is 0 Å². The van der Waals surface area contributed by atoms with Crippen molar-refractivity contribution in [2.24, 2.45) is 0 Å². The Hall–Kier alpha value is -3.55. The van der Waals surface area contributed by atoms with Gasteiger partial charge in [-0.1, -0.05) is 30.3 Å². The van der Waals surface area contributed by atoms with Gasteiger partial charge in [0.2, 0.25) is 5.91 Å². The van der Waals surface area contributed by atoms with Crippen molar-refractivity contribution in [1.29, 1.82) is 0 Å². The Morgan fingerprint density at radius 2 is 1.94 bits per heavy atom. The summed E-state index contributed by atoms with van der Waals surface area (Å²) in [5.74, 6) is 0.505. The van der Waals surface area contributed by atoms with Gasteiger partial charge in [0.25, 0.3) is 5.91 Å². The van der Waals surface area contributed by atoms with Crippen molar-refractivity contribution in [1.82, 2.24) is 30.4 Å². The average Bonchev–Trinajstić information content (AvgIpc) is 3.43. The molecule has 0 aliphatic carbocycles. The monoisotopic (exact) mass is 446 g/mol. The Labute approximate surface area is 193 Å². The van der Waals surface area contributed by atoms with Crippen molar-refractivity contribution in [2.45, 2.75) is 59.0 Å². The molecule has 3 heterocycles. The smallest absolute Gasteiger partial charge is 0.254 e. The van der Waals surface area contributed by atoms with E-state index in [2.05, 4.69) is 25.5 Å². The molecule has 3 aromatic rings. The molecule has 1 saturated heterocycles. The number of rotatable bonds is 7. The summed E-state index contributed by atoms with van der Waals surface area (Å²) in [6, 6.07) is 9.61.